The smallest absolute Gasteiger partial charge is 0.125 e. The number of rotatable bonds is 2. The van der Waals surface area contributed by atoms with Gasteiger partial charge in [0, 0.05) is 8.95 Å². The highest BCUT2D eigenvalue weighted by Gasteiger charge is 2.06. The van der Waals surface area contributed by atoms with Crippen LogP contribution in [0, 0.1) is 27.7 Å². The van der Waals surface area contributed by atoms with Crippen molar-refractivity contribution >= 4 is 31.9 Å². The van der Waals surface area contributed by atoms with Crippen molar-refractivity contribution in [2.75, 3.05) is 0 Å². The van der Waals surface area contributed by atoms with Crippen LogP contribution in [0.4, 0.5) is 0 Å². The first-order chi connectivity index (χ1) is 10.6. The molecule has 4 heteroatoms. The molecular weight excluding hydrogens is 420 g/mol. The Hall–Kier alpha value is -1.00. The molecule has 0 spiro atoms. The highest BCUT2D eigenvalue weighted by atomic mass is 79.9. The second kappa shape index (κ2) is 8.74. The van der Waals surface area contributed by atoms with Crippen LogP contribution in [0.1, 0.15) is 36.1 Å². The molecule has 1 N–H and O–H groups in total. The van der Waals surface area contributed by atoms with E-state index < -0.39 is 0 Å². The van der Waals surface area contributed by atoms with E-state index in [4.69, 9.17) is 4.74 Å². The average molecular weight is 444 g/mol. The zero-order chi connectivity index (χ0) is 17.7. The normalized spacial score (nSPS) is 10.3. The predicted molar refractivity (Wildman–Crippen MR) is 105 cm³/mol. The first kappa shape index (κ1) is 20.0. The van der Waals surface area contributed by atoms with E-state index in [2.05, 4.69) is 57.8 Å². The molecule has 2 aromatic rings. The molecule has 0 saturated carbocycles. The molecule has 23 heavy (non-hydrogen) atoms. The van der Waals surface area contributed by atoms with Gasteiger partial charge in [0.1, 0.15) is 11.5 Å². The molecule has 0 bridgehead atoms. The molecule has 0 amide bonds. The summed E-state index contributed by atoms with van der Waals surface area (Å²) in [5.41, 5.74) is 4.18. The molecular formula is C19H24Br2O2. The van der Waals surface area contributed by atoms with Crippen molar-refractivity contribution in [3.8, 4) is 11.5 Å². The first-order valence-corrected chi connectivity index (χ1v) is 9.09. The van der Waals surface area contributed by atoms with Crippen molar-refractivity contribution in [3.63, 3.8) is 0 Å². The number of aromatic hydroxyl groups is 1. The lowest BCUT2D eigenvalue weighted by atomic mass is 10.1. The third kappa shape index (κ3) is 6.19. The van der Waals surface area contributed by atoms with Crippen LogP contribution in [0.3, 0.4) is 0 Å². The molecule has 0 aliphatic heterocycles. The summed E-state index contributed by atoms with van der Waals surface area (Å²) in [5.74, 6) is 1.40. The van der Waals surface area contributed by atoms with Gasteiger partial charge in [0.25, 0.3) is 0 Å². The molecule has 0 heterocycles. The molecule has 0 atom stereocenters. The van der Waals surface area contributed by atoms with Crippen LogP contribution in [0.2, 0.25) is 0 Å². The second-order valence-electron chi connectivity index (χ2n) is 5.92. The van der Waals surface area contributed by atoms with Gasteiger partial charge >= 0.3 is 0 Å². The first-order valence-electron chi connectivity index (χ1n) is 7.51. The van der Waals surface area contributed by atoms with Gasteiger partial charge in [0.2, 0.25) is 0 Å². The monoisotopic (exact) mass is 442 g/mol. The summed E-state index contributed by atoms with van der Waals surface area (Å²) in [7, 11) is 0. The number of phenolic OH excluding ortho intramolecular Hbond substituents is 1. The van der Waals surface area contributed by atoms with E-state index in [0.717, 1.165) is 25.8 Å². The van der Waals surface area contributed by atoms with Gasteiger partial charge in [-0.15, -0.1) is 0 Å². The highest BCUT2D eigenvalue weighted by molar-refractivity contribution is 9.10. The van der Waals surface area contributed by atoms with E-state index in [-0.39, 0.29) is 6.10 Å². The third-order valence-corrected chi connectivity index (χ3v) is 4.15. The SMILES string of the molecule is Cc1cc(Br)cc(C)c1O.Cc1cc(Br)cc(C)c1OC(C)C. The minimum Gasteiger partial charge on any atom is -0.507 e. The minimum atomic E-state index is 0.235. The fraction of sp³-hybridized carbons (Fsp3) is 0.368. The minimum absolute atomic E-state index is 0.235. The highest BCUT2D eigenvalue weighted by Crippen LogP contribution is 2.28. The molecule has 0 radical (unpaired) electrons. The summed E-state index contributed by atoms with van der Waals surface area (Å²) in [6.45, 7) is 12.0. The quantitative estimate of drug-likeness (QED) is 0.564. The van der Waals surface area contributed by atoms with E-state index in [9.17, 15) is 5.11 Å². The number of benzene rings is 2. The van der Waals surface area contributed by atoms with Crippen molar-refractivity contribution in [1.29, 1.82) is 0 Å². The summed E-state index contributed by atoms with van der Waals surface area (Å²) >= 11 is 6.79. The van der Waals surface area contributed by atoms with Gasteiger partial charge in [0.15, 0.2) is 0 Å². The Morgan fingerprint density at radius 1 is 0.783 bits per heavy atom. The van der Waals surface area contributed by atoms with Gasteiger partial charge < -0.3 is 9.84 Å². The molecule has 2 rings (SSSR count). The van der Waals surface area contributed by atoms with Crippen LogP contribution in [0.5, 0.6) is 11.5 Å². The van der Waals surface area contributed by atoms with Crippen LogP contribution in [-0.2, 0) is 0 Å². The molecule has 0 aliphatic rings. The van der Waals surface area contributed by atoms with Crippen molar-refractivity contribution < 1.29 is 9.84 Å². The van der Waals surface area contributed by atoms with Gasteiger partial charge in [-0.25, -0.2) is 0 Å². The maximum atomic E-state index is 9.31. The Labute approximate surface area is 156 Å². The van der Waals surface area contributed by atoms with E-state index in [1.807, 2.05) is 39.8 Å². The summed E-state index contributed by atoms with van der Waals surface area (Å²) in [5, 5.41) is 9.31. The lowest BCUT2D eigenvalue weighted by Gasteiger charge is -2.15. The molecule has 0 saturated heterocycles. The number of hydrogen-bond acceptors (Lipinski definition) is 2. The van der Waals surface area contributed by atoms with Gasteiger partial charge in [-0.3, -0.25) is 0 Å². The molecule has 2 nitrogen and oxygen atoms in total. The van der Waals surface area contributed by atoms with Crippen molar-refractivity contribution in [2.45, 2.75) is 47.6 Å². The number of halogens is 2. The van der Waals surface area contributed by atoms with Crippen LogP contribution in [0.15, 0.2) is 33.2 Å². The van der Waals surface area contributed by atoms with E-state index in [1.165, 1.54) is 11.1 Å². The third-order valence-electron chi connectivity index (χ3n) is 3.23. The Bertz CT molecular complexity index is 633. The van der Waals surface area contributed by atoms with E-state index in [0.29, 0.717) is 5.75 Å². The number of aryl methyl sites for hydroxylation is 4. The van der Waals surface area contributed by atoms with Crippen molar-refractivity contribution in [3.05, 3.63) is 55.5 Å². The topological polar surface area (TPSA) is 29.5 Å². The standard InChI is InChI=1S/C11H15BrO.C8H9BrO/c1-7(2)13-11-8(3)5-10(12)6-9(11)4;1-5-3-7(9)4-6(2)8(5)10/h5-7H,1-4H3;3-4,10H,1-2H3. The number of phenols is 1. The molecule has 0 fully saturated rings. The van der Waals surface area contributed by atoms with Crippen LogP contribution >= 0.6 is 31.9 Å². The molecule has 0 aromatic heterocycles. The van der Waals surface area contributed by atoms with Gasteiger partial charge in [0.05, 0.1) is 6.10 Å². The Morgan fingerprint density at radius 3 is 1.48 bits per heavy atom. The fourth-order valence-corrected chi connectivity index (χ4v) is 3.60. The Balaban J connectivity index is 0.000000238. The van der Waals surface area contributed by atoms with Crippen molar-refractivity contribution in [2.24, 2.45) is 0 Å². The summed E-state index contributed by atoms with van der Waals surface area (Å²) in [4.78, 5) is 0. The predicted octanol–water partition coefficient (Wildman–Crippen LogP) is 6.62. The van der Waals surface area contributed by atoms with Crippen LogP contribution < -0.4 is 4.74 Å². The van der Waals surface area contributed by atoms with Crippen molar-refractivity contribution in [1.82, 2.24) is 0 Å². The summed E-state index contributed by atoms with van der Waals surface area (Å²) in [6, 6.07) is 7.93. The lowest BCUT2D eigenvalue weighted by Crippen LogP contribution is -2.07. The molecule has 126 valence electrons. The fourth-order valence-electron chi connectivity index (χ4n) is 2.22. The maximum Gasteiger partial charge on any atom is 0.125 e. The zero-order valence-electron chi connectivity index (χ0n) is 14.5. The van der Waals surface area contributed by atoms with Gasteiger partial charge in [-0.2, -0.15) is 0 Å². The van der Waals surface area contributed by atoms with E-state index >= 15 is 0 Å². The number of hydrogen-bond donors (Lipinski definition) is 1. The molecule has 2 aromatic carbocycles. The maximum absolute atomic E-state index is 9.31. The number of ether oxygens (including phenoxy) is 1. The largest absolute Gasteiger partial charge is 0.507 e. The molecule has 0 unspecified atom stereocenters. The summed E-state index contributed by atoms with van der Waals surface area (Å²) in [6.07, 6.45) is 0.235. The van der Waals surface area contributed by atoms with Gasteiger partial charge in [-0.05, 0) is 88.1 Å². The van der Waals surface area contributed by atoms with Crippen LogP contribution in [-0.4, -0.2) is 11.2 Å². The average Bonchev–Trinajstić information content (AvgIpc) is 2.40. The second-order valence-corrected chi connectivity index (χ2v) is 7.75. The molecule has 0 aliphatic carbocycles. The lowest BCUT2D eigenvalue weighted by molar-refractivity contribution is 0.239. The van der Waals surface area contributed by atoms with Crippen LogP contribution in [0.25, 0.3) is 0 Å². The summed E-state index contributed by atoms with van der Waals surface area (Å²) < 4.78 is 7.83. The Kier molecular flexibility index (Phi) is 7.62. The van der Waals surface area contributed by atoms with Gasteiger partial charge in [-0.1, -0.05) is 31.9 Å². The zero-order valence-corrected chi connectivity index (χ0v) is 17.7. The Morgan fingerprint density at radius 2 is 1.13 bits per heavy atom. The van der Waals surface area contributed by atoms with E-state index in [1.54, 1.807) is 0 Å².